The first-order valence-electron chi connectivity index (χ1n) is 7.36. The van der Waals surface area contributed by atoms with Crippen LogP contribution in [0.4, 0.5) is 0 Å². The van der Waals surface area contributed by atoms with Gasteiger partial charge in [-0.25, -0.2) is 8.42 Å². The third kappa shape index (κ3) is 5.53. The standard InChI is InChI=1S/C18H20O4S/c1-22-18(19)12-17(16-10-6-3-7-11-16)14-23(20,21)13-15-8-4-2-5-9-15/h2-11,17H,12-14H2,1H3. The Morgan fingerprint density at radius 2 is 1.57 bits per heavy atom. The minimum absolute atomic E-state index is 0.0294. The minimum Gasteiger partial charge on any atom is -0.469 e. The highest BCUT2D eigenvalue weighted by atomic mass is 32.2. The van der Waals surface area contributed by atoms with Gasteiger partial charge < -0.3 is 4.74 Å². The zero-order valence-electron chi connectivity index (χ0n) is 13.0. The normalized spacial score (nSPS) is 12.6. The average Bonchev–Trinajstić information content (AvgIpc) is 2.55. The first-order valence-corrected chi connectivity index (χ1v) is 9.18. The summed E-state index contributed by atoms with van der Waals surface area (Å²) in [5.74, 6) is -0.926. The second-order valence-corrected chi connectivity index (χ2v) is 7.54. The molecule has 0 bridgehead atoms. The van der Waals surface area contributed by atoms with E-state index in [9.17, 15) is 13.2 Å². The Bertz CT molecular complexity index is 724. The van der Waals surface area contributed by atoms with Crippen molar-refractivity contribution in [3.8, 4) is 0 Å². The highest BCUT2D eigenvalue weighted by molar-refractivity contribution is 7.90. The molecule has 0 fully saturated rings. The molecule has 0 aliphatic heterocycles. The van der Waals surface area contributed by atoms with E-state index in [2.05, 4.69) is 0 Å². The van der Waals surface area contributed by atoms with Crippen LogP contribution in [-0.4, -0.2) is 27.2 Å². The maximum atomic E-state index is 12.5. The van der Waals surface area contributed by atoms with Crippen LogP contribution in [0.1, 0.15) is 23.5 Å². The predicted octanol–water partition coefficient (Wildman–Crippen LogP) is 2.95. The molecule has 2 rings (SSSR count). The van der Waals surface area contributed by atoms with Crippen molar-refractivity contribution in [1.82, 2.24) is 0 Å². The van der Waals surface area contributed by atoms with Gasteiger partial charge in [0.25, 0.3) is 0 Å². The number of benzene rings is 2. The van der Waals surface area contributed by atoms with E-state index in [1.54, 1.807) is 12.1 Å². The molecule has 5 heteroatoms. The minimum atomic E-state index is -3.34. The molecule has 2 aromatic carbocycles. The summed E-state index contributed by atoms with van der Waals surface area (Å²) in [6.45, 7) is 0. The number of sulfone groups is 1. The van der Waals surface area contributed by atoms with E-state index < -0.39 is 21.7 Å². The molecule has 23 heavy (non-hydrogen) atoms. The molecular weight excluding hydrogens is 312 g/mol. The Morgan fingerprint density at radius 3 is 2.13 bits per heavy atom. The van der Waals surface area contributed by atoms with Crippen LogP contribution in [-0.2, 0) is 25.1 Å². The average molecular weight is 332 g/mol. The number of hydrogen-bond donors (Lipinski definition) is 0. The van der Waals surface area contributed by atoms with E-state index in [0.29, 0.717) is 0 Å². The summed E-state index contributed by atoms with van der Waals surface area (Å²) >= 11 is 0. The highest BCUT2D eigenvalue weighted by Crippen LogP contribution is 2.23. The second kappa shape index (κ2) is 7.92. The smallest absolute Gasteiger partial charge is 0.306 e. The zero-order valence-corrected chi connectivity index (χ0v) is 13.8. The topological polar surface area (TPSA) is 60.4 Å². The molecule has 1 atom stereocenters. The molecule has 0 saturated carbocycles. The maximum Gasteiger partial charge on any atom is 0.306 e. The van der Waals surface area contributed by atoms with E-state index in [-0.39, 0.29) is 17.9 Å². The van der Waals surface area contributed by atoms with Crippen LogP contribution < -0.4 is 0 Å². The maximum absolute atomic E-state index is 12.5. The van der Waals surface area contributed by atoms with Crippen LogP contribution in [0.3, 0.4) is 0 Å². The Labute approximate surface area is 137 Å². The molecule has 0 radical (unpaired) electrons. The van der Waals surface area contributed by atoms with Crippen molar-refractivity contribution in [1.29, 1.82) is 0 Å². The van der Waals surface area contributed by atoms with Crippen molar-refractivity contribution in [3.05, 3.63) is 71.8 Å². The van der Waals surface area contributed by atoms with Gasteiger partial charge in [0.2, 0.25) is 0 Å². The summed E-state index contributed by atoms with van der Waals surface area (Å²) in [5.41, 5.74) is 1.58. The van der Waals surface area contributed by atoms with Crippen molar-refractivity contribution in [3.63, 3.8) is 0 Å². The number of hydrogen-bond acceptors (Lipinski definition) is 4. The lowest BCUT2D eigenvalue weighted by Gasteiger charge is -2.16. The van der Waals surface area contributed by atoms with Crippen LogP contribution >= 0.6 is 0 Å². The van der Waals surface area contributed by atoms with Gasteiger partial charge in [0.05, 0.1) is 25.0 Å². The Kier molecular flexibility index (Phi) is 5.93. The highest BCUT2D eigenvalue weighted by Gasteiger charge is 2.24. The third-order valence-corrected chi connectivity index (χ3v) is 5.28. The summed E-state index contributed by atoms with van der Waals surface area (Å²) in [5, 5.41) is 0. The fraction of sp³-hybridized carbons (Fsp3) is 0.278. The summed E-state index contributed by atoms with van der Waals surface area (Å²) in [7, 11) is -2.04. The van der Waals surface area contributed by atoms with Crippen LogP contribution in [0.15, 0.2) is 60.7 Å². The van der Waals surface area contributed by atoms with Gasteiger partial charge in [0.1, 0.15) is 0 Å². The molecule has 122 valence electrons. The number of carbonyl (C=O) groups is 1. The van der Waals surface area contributed by atoms with E-state index in [1.165, 1.54) is 7.11 Å². The quantitative estimate of drug-likeness (QED) is 0.732. The molecule has 0 aliphatic carbocycles. The summed E-state index contributed by atoms with van der Waals surface area (Å²) < 4.78 is 29.7. The van der Waals surface area contributed by atoms with Crippen LogP contribution in [0.5, 0.6) is 0 Å². The lowest BCUT2D eigenvalue weighted by Crippen LogP contribution is -2.20. The van der Waals surface area contributed by atoms with Gasteiger partial charge >= 0.3 is 5.97 Å². The molecule has 1 unspecified atom stereocenters. The summed E-state index contributed by atoms with van der Waals surface area (Å²) in [6, 6.07) is 18.3. The Balaban J connectivity index is 2.17. The van der Waals surface area contributed by atoms with Gasteiger partial charge in [-0.1, -0.05) is 60.7 Å². The van der Waals surface area contributed by atoms with Gasteiger partial charge in [-0.15, -0.1) is 0 Å². The second-order valence-electron chi connectivity index (χ2n) is 5.43. The first-order chi connectivity index (χ1) is 11.0. The van der Waals surface area contributed by atoms with Crippen LogP contribution in [0, 0.1) is 0 Å². The first kappa shape index (κ1) is 17.2. The molecule has 0 N–H and O–H groups in total. The molecule has 0 heterocycles. The SMILES string of the molecule is COC(=O)CC(CS(=O)(=O)Cc1ccccc1)c1ccccc1. The van der Waals surface area contributed by atoms with Crippen molar-refractivity contribution in [2.24, 2.45) is 0 Å². The van der Waals surface area contributed by atoms with E-state index in [4.69, 9.17) is 4.74 Å². The summed E-state index contributed by atoms with van der Waals surface area (Å²) in [4.78, 5) is 11.6. The number of carbonyl (C=O) groups excluding carboxylic acids is 1. The lowest BCUT2D eigenvalue weighted by atomic mass is 9.98. The molecule has 4 nitrogen and oxygen atoms in total. The van der Waals surface area contributed by atoms with Gasteiger partial charge in [-0.05, 0) is 11.1 Å². The van der Waals surface area contributed by atoms with Gasteiger partial charge in [0, 0.05) is 5.92 Å². The molecule has 2 aromatic rings. The van der Waals surface area contributed by atoms with Crippen molar-refractivity contribution in [2.45, 2.75) is 18.1 Å². The van der Waals surface area contributed by atoms with E-state index in [0.717, 1.165) is 11.1 Å². The monoisotopic (exact) mass is 332 g/mol. The van der Waals surface area contributed by atoms with Crippen LogP contribution in [0.2, 0.25) is 0 Å². The zero-order chi connectivity index (χ0) is 16.7. The largest absolute Gasteiger partial charge is 0.469 e. The predicted molar refractivity (Wildman–Crippen MR) is 89.7 cm³/mol. The van der Waals surface area contributed by atoms with Gasteiger partial charge in [0.15, 0.2) is 9.84 Å². The van der Waals surface area contributed by atoms with Crippen molar-refractivity contribution >= 4 is 15.8 Å². The molecule has 0 aromatic heterocycles. The summed E-state index contributed by atoms with van der Waals surface area (Å²) in [6.07, 6.45) is 0.0501. The Hall–Kier alpha value is -2.14. The van der Waals surface area contributed by atoms with E-state index in [1.807, 2.05) is 48.5 Å². The number of esters is 1. The molecule has 0 saturated heterocycles. The lowest BCUT2D eigenvalue weighted by molar-refractivity contribution is -0.140. The fourth-order valence-electron chi connectivity index (χ4n) is 2.48. The van der Waals surface area contributed by atoms with Gasteiger partial charge in [-0.3, -0.25) is 4.79 Å². The van der Waals surface area contributed by atoms with Crippen molar-refractivity contribution in [2.75, 3.05) is 12.9 Å². The van der Waals surface area contributed by atoms with Gasteiger partial charge in [-0.2, -0.15) is 0 Å². The molecule has 0 spiro atoms. The third-order valence-electron chi connectivity index (χ3n) is 3.60. The molecule has 0 aliphatic rings. The van der Waals surface area contributed by atoms with E-state index >= 15 is 0 Å². The fourth-order valence-corrected chi connectivity index (χ4v) is 4.22. The molecular formula is C18H20O4S. The number of rotatable bonds is 7. The number of ether oxygens (including phenoxy) is 1. The van der Waals surface area contributed by atoms with Crippen LogP contribution in [0.25, 0.3) is 0 Å². The van der Waals surface area contributed by atoms with Crippen molar-refractivity contribution < 1.29 is 17.9 Å². The Morgan fingerprint density at radius 1 is 1.00 bits per heavy atom. The number of methoxy groups -OCH3 is 1. The molecule has 0 amide bonds.